The van der Waals surface area contributed by atoms with Gasteiger partial charge in [-0.2, -0.15) is 5.10 Å². The minimum atomic E-state index is -3.73. The van der Waals surface area contributed by atoms with Gasteiger partial charge in [-0.15, -0.1) is 0 Å². The standard InChI is InChI=1S/C23H25N7O3S/c1-4-34(31,32)30(17-8-6-5-7-9-17)13-12-29-23-20(22(24)26-15-27-23)21(28-29)16-10-11-19(33-3)18(14-16)25-2/h4-11,14-15,25H,1,12-13H2,2-3H3,(H2,24,26,27). The summed E-state index contributed by atoms with van der Waals surface area (Å²) in [5.74, 6) is 0.971. The summed E-state index contributed by atoms with van der Waals surface area (Å²) in [5.41, 5.74) is 9.40. The lowest BCUT2D eigenvalue weighted by Gasteiger charge is -2.22. The molecule has 11 heteroatoms. The van der Waals surface area contributed by atoms with Crippen molar-refractivity contribution in [1.29, 1.82) is 0 Å². The van der Waals surface area contributed by atoms with Gasteiger partial charge >= 0.3 is 0 Å². The smallest absolute Gasteiger partial charge is 0.256 e. The number of nitrogens with one attached hydrogen (secondary N) is 1. The molecule has 0 atom stereocenters. The average Bonchev–Trinajstić information content (AvgIpc) is 3.24. The molecule has 2 aromatic carbocycles. The van der Waals surface area contributed by atoms with E-state index in [0.29, 0.717) is 28.2 Å². The first kappa shape index (κ1) is 23.1. The lowest BCUT2D eigenvalue weighted by molar-refractivity contribution is 0.416. The minimum Gasteiger partial charge on any atom is -0.495 e. The Labute approximate surface area is 197 Å². The fourth-order valence-electron chi connectivity index (χ4n) is 3.71. The maximum absolute atomic E-state index is 12.7. The van der Waals surface area contributed by atoms with E-state index >= 15 is 0 Å². The van der Waals surface area contributed by atoms with E-state index in [1.807, 2.05) is 24.3 Å². The number of nitrogens with two attached hydrogens (primary N) is 1. The molecule has 0 saturated heterocycles. The fraction of sp³-hybridized carbons (Fsp3) is 0.174. The fourth-order valence-corrected chi connectivity index (χ4v) is 4.64. The molecule has 0 saturated carbocycles. The van der Waals surface area contributed by atoms with Gasteiger partial charge in [0, 0.05) is 18.0 Å². The van der Waals surface area contributed by atoms with Gasteiger partial charge in [-0.3, -0.25) is 4.31 Å². The Balaban J connectivity index is 1.77. The Kier molecular flexibility index (Phi) is 6.37. The van der Waals surface area contributed by atoms with Crippen LogP contribution in [-0.4, -0.2) is 48.9 Å². The van der Waals surface area contributed by atoms with Crippen LogP contribution in [0.4, 0.5) is 17.2 Å². The number of nitrogens with zero attached hydrogens (tertiary/aromatic N) is 5. The Morgan fingerprint density at radius 1 is 1.21 bits per heavy atom. The van der Waals surface area contributed by atoms with E-state index in [2.05, 4.69) is 21.9 Å². The predicted octanol–water partition coefficient (Wildman–Crippen LogP) is 3.11. The van der Waals surface area contributed by atoms with Gasteiger partial charge in [0.05, 0.1) is 37.0 Å². The summed E-state index contributed by atoms with van der Waals surface area (Å²) in [6.45, 7) is 3.80. The summed E-state index contributed by atoms with van der Waals surface area (Å²) in [5, 5.41) is 9.37. The number of hydrogen-bond acceptors (Lipinski definition) is 8. The SMILES string of the molecule is C=CS(=O)(=O)N(CCn1nc(-c2ccc(OC)c(NC)c2)c2c(N)ncnc21)c1ccccc1. The Bertz CT molecular complexity index is 1440. The zero-order valence-electron chi connectivity index (χ0n) is 18.8. The molecule has 0 aliphatic heterocycles. The molecule has 34 heavy (non-hydrogen) atoms. The number of anilines is 3. The molecule has 0 aliphatic carbocycles. The van der Waals surface area contributed by atoms with Crippen molar-refractivity contribution in [3.8, 4) is 17.0 Å². The van der Waals surface area contributed by atoms with Crippen LogP contribution in [0.25, 0.3) is 22.3 Å². The molecule has 0 radical (unpaired) electrons. The van der Waals surface area contributed by atoms with Crippen LogP contribution in [0.1, 0.15) is 0 Å². The number of rotatable bonds is 9. The van der Waals surface area contributed by atoms with E-state index in [0.717, 1.165) is 16.7 Å². The van der Waals surface area contributed by atoms with E-state index in [1.54, 1.807) is 43.1 Å². The van der Waals surface area contributed by atoms with Crippen molar-refractivity contribution in [3.63, 3.8) is 0 Å². The van der Waals surface area contributed by atoms with Crippen LogP contribution in [0.15, 0.2) is 66.8 Å². The monoisotopic (exact) mass is 479 g/mol. The quantitative estimate of drug-likeness (QED) is 0.375. The molecule has 3 N–H and O–H groups in total. The first-order valence-corrected chi connectivity index (χ1v) is 11.9. The first-order chi connectivity index (χ1) is 16.4. The number of benzene rings is 2. The molecule has 0 unspecified atom stereocenters. The highest BCUT2D eigenvalue weighted by atomic mass is 32.2. The van der Waals surface area contributed by atoms with Crippen molar-refractivity contribution in [3.05, 3.63) is 66.8 Å². The highest BCUT2D eigenvalue weighted by Gasteiger charge is 2.22. The van der Waals surface area contributed by atoms with Crippen molar-refractivity contribution in [2.75, 3.05) is 36.1 Å². The zero-order chi connectivity index (χ0) is 24.3. The Morgan fingerprint density at radius 3 is 2.65 bits per heavy atom. The van der Waals surface area contributed by atoms with Crippen molar-refractivity contribution < 1.29 is 13.2 Å². The third-order valence-corrected chi connectivity index (χ3v) is 6.81. The van der Waals surface area contributed by atoms with Gasteiger partial charge < -0.3 is 15.8 Å². The van der Waals surface area contributed by atoms with Gasteiger partial charge in [0.2, 0.25) is 0 Å². The van der Waals surface area contributed by atoms with E-state index in [9.17, 15) is 8.42 Å². The van der Waals surface area contributed by atoms with Crippen LogP contribution in [-0.2, 0) is 16.6 Å². The average molecular weight is 480 g/mol. The summed E-state index contributed by atoms with van der Waals surface area (Å²) < 4.78 is 33.7. The molecule has 176 valence electrons. The summed E-state index contributed by atoms with van der Waals surface area (Å²) in [7, 11) is -0.332. The number of fused-ring (bicyclic) bond motifs is 1. The number of methoxy groups -OCH3 is 1. The molecule has 2 heterocycles. The van der Waals surface area contributed by atoms with Gasteiger partial charge in [0.15, 0.2) is 5.65 Å². The largest absolute Gasteiger partial charge is 0.495 e. The van der Waals surface area contributed by atoms with Crippen molar-refractivity contribution in [2.45, 2.75) is 6.54 Å². The van der Waals surface area contributed by atoms with Gasteiger partial charge in [0.25, 0.3) is 10.0 Å². The van der Waals surface area contributed by atoms with Gasteiger partial charge in [-0.25, -0.2) is 23.1 Å². The summed E-state index contributed by atoms with van der Waals surface area (Å²) in [6, 6.07) is 14.4. The van der Waals surface area contributed by atoms with E-state index in [-0.39, 0.29) is 18.9 Å². The van der Waals surface area contributed by atoms with Crippen molar-refractivity contribution >= 4 is 38.2 Å². The van der Waals surface area contributed by atoms with Crippen LogP contribution in [0, 0.1) is 0 Å². The first-order valence-electron chi connectivity index (χ1n) is 10.4. The van der Waals surface area contributed by atoms with E-state index in [4.69, 9.17) is 15.6 Å². The summed E-state index contributed by atoms with van der Waals surface area (Å²) in [6.07, 6.45) is 1.36. The second kappa shape index (κ2) is 9.40. The summed E-state index contributed by atoms with van der Waals surface area (Å²) >= 11 is 0. The molecule has 4 rings (SSSR count). The molecule has 0 aliphatic rings. The Morgan fingerprint density at radius 2 is 1.97 bits per heavy atom. The highest BCUT2D eigenvalue weighted by Crippen LogP contribution is 2.34. The van der Waals surface area contributed by atoms with Gasteiger partial charge in [-0.05, 0) is 30.3 Å². The maximum atomic E-state index is 12.7. The zero-order valence-corrected chi connectivity index (χ0v) is 19.7. The van der Waals surface area contributed by atoms with Crippen molar-refractivity contribution in [2.24, 2.45) is 0 Å². The molecule has 10 nitrogen and oxygen atoms in total. The van der Waals surface area contributed by atoms with Crippen LogP contribution in [0.3, 0.4) is 0 Å². The molecular weight excluding hydrogens is 454 g/mol. The maximum Gasteiger partial charge on any atom is 0.256 e. The normalized spacial score (nSPS) is 11.4. The number of nitrogen functional groups attached to an aromatic ring is 1. The topological polar surface area (TPSA) is 128 Å². The van der Waals surface area contributed by atoms with Crippen molar-refractivity contribution in [1.82, 2.24) is 19.7 Å². The number of para-hydroxylation sites is 1. The Hall–Kier alpha value is -4.12. The van der Waals surface area contributed by atoms with Crippen LogP contribution in [0.2, 0.25) is 0 Å². The third-order valence-electron chi connectivity index (χ3n) is 5.38. The number of hydrogen-bond donors (Lipinski definition) is 2. The highest BCUT2D eigenvalue weighted by molar-refractivity contribution is 7.95. The third kappa shape index (κ3) is 4.25. The minimum absolute atomic E-state index is 0.114. The van der Waals surface area contributed by atoms with Gasteiger partial charge in [-0.1, -0.05) is 24.8 Å². The second-order valence-corrected chi connectivity index (χ2v) is 9.12. The lowest BCUT2D eigenvalue weighted by Crippen LogP contribution is -2.32. The van der Waals surface area contributed by atoms with Crippen LogP contribution >= 0.6 is 0 Å². The molecule has 0 spiro atoms. The molecule has 0 amide bonds. The molecule has 4 aromatic rings. The second-order valence-electron chi connectivity index (χ2n) is 7.31. The molecule has 0 fully saturated rings. The number of ether oxygens (including phenoxy) is 1. The molecule has 0 bridgehead atoms. The van der Waals surface area contributed by atoms with Crippen LogP contribution in [0.5, 0.6) is 5.75 Å². The lowest BCUT2D eigenvalue weighted by atomic mass is 10.1. The van der Waals surface area contributed by atoms with E-state index in [1.165, 1.54) is 10.6 Å². The van der Waals surface area contributed by atoms with Gasteiger partial charge in [0.1, 0.15) is 23.6 Å². The number of sulfonamides is 1. The number of aromatic nitrogens is 4. The molecule has 2 aromatic heterocycles. The predicted molar refractivity (Wildman–Crippen MR) is 134 cm³/mol. The summed E-state index contributed by atoms with van der Waals surface area (Å²) in [4.78, 5) is 8.51. The van der Waals surface area contributed by atoms with Crippen LogP contribution < -0.4 is 20.1 Å². The van der Waals surface area contributed by atoms with E-state index < -0.39 is 10.0 Å². The molecular formula is C23H25N7O3S.